The van der Waals surface area contributed by atoms with Crippen LogP contribution in [-0.2, 0) is 11.2 Å². The second-order valence-electron chi connectivity index (χ2n) is 6.51. The number of aromatic nitrogens is 6. The number of hydrogen-bond acceptors (Lipinski definition) is 7. The first-order valence-electron chi connectivity index (χ1n) is 8.74. The molecule has 3 aromatic rings. The number of carbonyl (C=O) groups excluding carboxylic acids is 1. The molecule has 3 aromatic heterocycles. The predicted octanol–water partition coefficient (Wildman–Crippen LogP) is -0.388. The van der Waals surface area contributed by atoms with Crippen LogP contribution >= 0.6 is 0 Å². The Morgan fingerprint density at radius 1 is 1.04 bits per heavy atom. The molecule has 1 atom stereocenters. The lowest BCUT2D eigenvalue weighted by Gasteiger charge is -2.37. The van der Waals surface area contributed by atoms with Crippen molar-refractivity contribution in [1.29, 1.82) is 0 Å². The van der Waals surface area contributed by atoms with E-state index in [1.807, 2.05) is 4.90 Å². The van der Waals surface area contributed by atoms with Crippen LogP contribution in [0.2, 0.25) is 0 Å². The van der Waals surface area contributed by atoms with E-state index in [1.54, 1.807) is 12.7 Å². The van der Waals surface area contributed by atoms with Crippen molar-refractivity contribution in [2.24, 2.45) is 0 Å². The standard InChI is InChI=1S/C16H19N9O/c26-16(12-11-10(1-2-17-12)18-7-19-11)25-5-3-24(4-6-25)15-13-14(21-8-20-13)22-9-23-15/h7-9,12,17H,1-6H2,(H,18,19)(H,20,21,22,23)/t12-/m0/s1. The first-order valence-corrected chi connectivity index (χ1v) is 8.74. The third-order valence-electron chi connectivity index (χ3n) is 5.09. The number of aromatic amines is 2. The van der Waals surface area contributed by atoms with Gasteiger partial charge in [0, 0.05) is 44.8 Å². The minimum atomic E-state index is -0.352. The Labute approximate surface area is 149 Å². The third kappa shape index (κ3) is 2.41. The minimum Gasteiger partial charge on any atom is -0.351 e. The van der Waals surface area contributed by atoms with E-state index >= 15 is 0 Å². The molecule has 3 N–H and O–H groups in total. The molecule has 2 aliphatic heterocycles. The van der Waals surface area contributed by atoms with Crippen LogP contribution in [0.1, 0.15) is 17.4 Å². The number of nitrogens with zero attached hydrogens (tertiary/aromatic N) is 6. The molecule has 0 saturated carbocycles. The van der Waals surface area contributed by atoms with E-state index in [9.17, 15) is 4.79 Å². The molecular formula is C16H19N9O. The summed E-state index contributed by atoms with van der Waals surface area (Å²) in [4.78, 5) is 40.4. The van der Waals surface area contributed by atoms with E-state index in [2.05, 4.69) is 40.1 Å². The van der Waals surface area contributed by atoms with Crippen LogP contribution in [0, 0.1) is 0 Å². The quantitative estimate of drug-likeness (QED) is 0.574. The van der Waals surface area contributed by atoms with Gasteiger partial charge in [-0.25, -0.2) is 19.9 Å². The van der Waals surface area contributed by atoms with Crippen molar-refractivity contribution >= 4 is 22.9 Å². The Kier molecular flexibility index (Phi) is 3.56. The molecule has 26 heavy (non-hydrogen) atoms. The van der Waals surface area contributed by atoms with Crippen LogP contribution in [-0.4, -0.2) is 73.4 Å². The Balaban J connectivity index is 1.31. The van der Waals surface area contributed by atoms with E-state index in [4.69, 9.17) is 0 Å². The lowest BCUT2D eigenvalue weighted by atomic mass is 10.0. The van der Waals surface area contributed by atoms with Crippen LogP contribution in [0.25, 0.3) is 11.2 Å². The molecule has 134 valence electrons. The molecule has 10 nitrogen and oxygen atoms in total. The fraction of sp³-hybridized carbons (Fsp3) is 0.438. The first-order chi connectivity index (χ1) is 12.8. The van der Waals surface area contributed by atoms with E-state index in [-0.39, 0.29) is 11.9 Å². The molecule has 1 fully saturated rings. The highest BCUT2D eigenvalue weighted by atomic mass is 16.2. The maximum absolute atomic E-state index is 13.0. The number of piperazine rings is 1. The summed E-state index contributed by atoms with van der Waals surface area (Å²) in [5.41, 5.74) is 3.38. The number of imidazole rings is 2. The van der Waals surface area contributed by atoms with Gasteiger partial charge < -0.3 is 25.1 Å². The average Bonchev–Trinajstić information content (AvgIpc) is 3.36. The molecule has 0 radical (unpaired) electrons. The number of anilines is 1. The normalized spacial score (nSPS) is 20.4. The number of rotatable bonds is 2. The van der Waals surface area contributed by atoms with Gasteiger partial charge in [0.15, 0.2) is 11.5 Å². The highest BCUT2D eigenvalue weighted by molar-refractivity contribution is 5.85. The monoisotopic (exact) mass is 353 g/mol. The van der Waals surface area contributed by atoms with Gasteiger partial charge in [-0.2, -0.15) is 0 Å². The smallest absolute Gasteiger partial charge is 0.246 e. The lowest BCUT2D eigenvalue weighted by Crippen LogP contribution is -2.52. The Morgan fingerprint density at radius 2 is 1.88 bits per heavy atom. The molecule has 5 rings (SSSR count). The molecule has 1 saturated heterocycles. The summed E-state index contributed by atoms with van der Waals surface area (Å²) in [6.45, 7) is 3.52. The summed E-state index contributed by atoms with van der Waals surface area (Å²) >= 11 is 0. The third-order valence-corrected chi connectivity index (χ3v) is 5.09. The topological polar surface area (TPSA) is 119 Å². The van der Waals surface area contributed by atoms with Gasteiger partial charge >= 0.3 is 0 Å². The van der Waals surface area contributed by atoms with Crippen molar-refractivity contribution in [2.45, 2.75) is 12.5 Å². The predicted molar refractivity (Wildman–Crippen MR) is 93.5 cm³/mol. The molecule has 1 amide bonds. The second-order valence-corrected chi connectivity index (χ2v) is 6.51. The Morgan fingerprint density at radius 3 is 2.77 bits per heavy atom. The van der Waals surface area contributed by atoms with E-state index < -0.39 is 0 Å². The van der Waals surface area contributed by atoms with Crippen molar-refractivity contribution in [3.8, 4) is 0 Å². The maximum Gasteiger partial charge on any atom is 0.246 e. The van der Waals surface area contributed by atoms with Gasteiger partial charge in [-0.15, -0.1) is 0 Å². The van der Waals surface area contributed by atoms with E-state index in [1.165, 1.54) is 6.33 Å². The highest BCUT2D eigenvalue weighted by Crippen LogP contribution is 2.24. The van der Waals surface area contributed by atoms with Crippen molar-refractivity contribution in [2.75, 3.05) is 37.6 Å². The molecule has 0 bridgehead atoms. The van der Waals surface area contributed by atoms with Crippen LogP contribution < -0.4 is 10.2 Å². The van der Waals surface area contributed by atoms with Crippen LogP contribution in [0.4, 0.5) is 5.82 Å². The maximum atomic E-state index is 13.0. The van der Waals surface area contributed by atoms with Crippen LogP contribution in [0.15, 0.2) is 19.0 Å². The fourth-order valence-electron chi connectivity index (χ4n) is 3.74. The summed E-state index contributed by atoms with van der Waals surface area (Å²) in [6.07, 6.45) is 5.70. The summed E-state index contributed by atoms with van der Waals surface area (Å²) in [5, 5.41) is 3.30. The number of H-pyrrole nitrogens is 2. The van der Waals surface area contributed by atoms with Gasteiger partial charge in [-0.05, 0) is 0 Å². The van der Waals surface area contributed by atoms with Crippen LogP contribution in [0.5, 0.6) is 0 Å². The number of carbonyl (C=O) groups is 1. The van der Waals surface area contributed by atoms with Crippen molar-refractivity contribution in [1.82, 2.24) is 40.1 Å². The Hall–Kier alpha value is -3.01. The summed E-state index contributed by atoms with van der Waals surface area (Å²) in [7, 11) is 0. The van der Waals surface area contributed by atoms with E-state index in [0.717, 1.165) is 48.8 Å². The number of amides is 1. The van der Waals surface area contributed by atoms with Gasteiger partial charge in [-0.3, -0.25) is 4.79 Å². The van der Waals surface area contributed by atoms with Crippen molar-refractivity contribution in [3.05, 3.63) is 30.4 Å². The summed E-state index contributed by atoms with van der Waals surface area (Å²) in [5.74, 6) is 0.928. The minimum absolute atomic E-state index is 0.0899. The largest absolute Gasteiger partial charge is 0.351 e. The molecule has 10 heteroatoms. The zero-order chi connectivity index (χ0) is 17.5. The number of nitrogens with one attached hydrogen (secondary N) is 3. The van der Waals surface area contributed by atoms with Crippen LogP contribution in [0.3, 0.4) is 0 Å². The van der Waals surface area contributed by atoms with Gasteiger partial charge in [0.05, 0.1) is 18.3 Å². The van der Waals surface area contributed by atoms with Gasteiger partial charge in [-0.1, -0.05) is 0 Å². The molecule has 5 heterocycles. The summed E-state index contributed by atoms with van der Waals surface area (Å²) < 4.78 is 0. The van der Waals surface area contributed by atoms with E-state index in [0.29, 0.717) is 18.7 Å². The molecule has 0 aliphatic carbocycles. The molecule has 0 unspecified atom stereocenters. The summed E-state index contributed by atoms with van der Waals surface area (Å²) in [6, 6.07) is -0.352. The average molecular weight is 353 g/mol. The molecule has 0 spiro atoms. The number of hydrogen-bond donors (Lipinski definition) is 3. The molecule has 2 aliphatic rings. The SMILES string of the molecule is O=C([C@H]1NCCc2[nH]cnc21)N1CCN(c2ncnc3nc[nH]c23)CC1. The first kappa shape index (κ1) is 15.3. The van der Waals surface area contributed by atoms with Gasteiger partial charge in [0.25, 0.3) is 0 Å². The molecular weight excluding hydrogens is 334 g/mol. The lowest BCUT2D eigenvalue weighted by molar-refractivity contribution is -0.134. The zero-order valence-electron chi connectivity index (χ0n) is 14.1. The van der Waals surface area contributed by atoms with Crippen molar-refractivity contribution < 1.29 is 4.79 Å². The van der Waals surface area contributed by atoms with Gasteiger partial charge in [0.1, 0.15) is 17.9 Å². The fourth-order valence-corrected chi connectivity index (χ4v) is 3.74. The van der Waals surface area contributed by atoms with Crippen molar-refractivity contribution in [3.63, 3.8) is 0 Å². The second kappa shape index (κ2) is 6.06. The molecule has 0 aromatic carbocycles. The Bertz CT molecular complexity index is 940. The highest BCUT2D eigenvalue weighted by Gasteiger charge is 2.33. The number of fused-ring (bicyclic) bond motifs is 2. The van der Waals surface area contributed by atoms with Gasteiger partial charge in [0.2, 0.25) is 5.91 Å². The zero-order valence-corrected chi connectivity index (χ0v) is 14.1.